The van der Waals surface area contributed by atoms with Crippen LogP contribution < -0.4 is 10.6 Å². The second-order valence-electron chi connectivity index (χ2n) is 14.5. The van der Waals surface area contributed by atoms with Crippen LogP contribution in [0.5, 0.6) is 0 Å². The molecule has 5 nitrogen and oxygen atoms in total. The lowest BCUT2D eigenvalue weighted by Gasteiger charge is -2.32. The van der Waals surface area contributed by atoms with E-state index in [1.165, 1.54) is 33.0 Å². The van der Waals surface area contributed by atoms with Crippen molar-refractivity contribution in [3.63, 3.8) is 0 Å². The van der Waals surface area contributed by atoms with E-state index in [0.717, 1.165) is 61.2 Å². The molecule has 10 aromatic rings. The second-order valence-corrected chi connectivity index (χ2v) is 14.5. The number of rotatable bonds is 6. The normalized spacial score (nSPS) is 15.7. The van der Waals surface area contributed by atoms with Crippen LogP contribution in [0.3, 0.4) is 0 Å². The Morgan fingerprint density at radius 3 is 1.82 bits per heavy atom. The van der Waals surface area contributed by atoms with E-state index in [2.05, 4.69) is 209 Å². The molecule has 2 atom stereocenters. The van der Waals surface area contributed by atoms with Crippen LogP contribution in [-0.2, 0) is 0 Å². The van der Waals surface area contributed by atoms with E-state index in [0.29, 0.717) is 0 Å². The Hall–Kier alpha value is -7.21. The Kier molecular flexibility index (Phi) is 7.64. The van der Waals surface area contributed by atoms with E-state index < -0.39 is 0 Å². The molecular formula is C51H36N4O. The van der Waals surface area contributed by atoms with E-state index in [-0.39, 0.29) is 12.3 Å². The number of nitrogens with zero attached hydrogens (tertiary/aromatic N) is 2. The Morgan fingerprint density at radius 1 is 0.429 bits per heavy atom. The fourth-order valence-corrected chi connectivity index (χ4v) is 8.32. The van der Waals surface area contributed by atoms with Gasteiger partial charge in [0.05, 0.1) is 11.0 Å². The number of hydrogen-bond acceptors (Lipinski definition) is 4. The van der Waals surface area contributed by atoms with Gasteiger partial charge in [-0.15, -0.1) is 0 Å². The third kappa shape index (κ3) is 5.56. The van der Waals surface area contributed by atoms with Gasteiger partial charge < -0.3 is 14.3 Å². The largest absolute Gasteiger partial charge is 0.456 e. The smallest absolute Gasteiger partial charge is 0.135 e. The van der Waals surface area contributed by atoms with Crippen molar-refractivity contribution in [3.05, 3.63) is 211 Å². The van der Waals surface area contributed by atoms with Crippen LogP contribution in [0.25, 0.3) is 71.7 Å². The standard InChI is InChI=1S/C51H36N4O/c1-4-13-33(14-5-1)36-19-12-20-38(29-36)50-52-49(35-17-8-3-9-18-35)53-51(54-50)39-23-26-42-41-21-10-11-22-45(41)55(46(42)31-39)40-25-28-48-44(32-40)43-30-37(24-27-47(43)56-48)34-15-6-2-7-16-34/h1-32,49-50,52H,(H,53,54). The molecule has 1 aliphatic heterocycles. The minimum absolute atomic E-state index is 0.145. The summed E-state index contributed by atoms with van der Waals surface area (Å²) in [6.07, 6.45) is -0.410. The van der Waals surface area contributed by atoms with Crippen molar-refractivity contribution >= 4 is 49.6 Å². The first-order valence-corrected chi connectivity index (χ1v) is 19.1. The number of aromatic nitrogens is 1. The molecule has 0 amide bonds. The molecule has 266 valence electrons. The van der Waals surface area contributed by atoms with Crippen molar-refractivity contribution in [1.82, 2.24) is 15.2 Å². The number of benzene rings is 8. The fourth-order valence-electron chi connectivity index (χ4n) is 8.32. The van der Waals surface area contributed by atoms with Crippen molar-refractivity contribution in [2.45, 2.75) is 12.3 Å². The van der Waals surface area contributed by atoms with E-state index in [9.17, 15) is 0 Å². The average Bonchev–Trinajstić information content (AvgIpc) is 3.81. The molecule has 1 aliphatic rings. The number of nitrogens with one attached hydrogen (secondary N) is 2. The van der Waals surface area contributed by atoms with Gasteiger partial charge in [0.2, 0.25) is 0 Å². The second kappa shape index (κ2) is 13.3. The molecule has 0 bridgehead atoms. The Balaban J connectivity index is 1.06. The maximum atomic E-state index is 6.38. The predicted octanol–water partition coefficient (Wildman–Crippen LogP) is 12.4. The zero-order valence-electron chi connectivity index (χ0n) is 30.4. The first-order valence-electron chi connectivity index (χ1n) is 19.1. The summed E-state index contributed by atoms with van der Waals surface area (Å²) >= 11 is 0. The van der Waals surface area contributed by atoms with Crippen molar-refractivity contribution in [2.75, 3.05) is 0 Å². The molecular weight excluding hydrogens is 685 g/mol. The lowest BCUT2D eigenvalue weighted by atomic mass is 10.0. The monoisotopic (exact) mass is 720 g/mol. The highest BCUT2D eigenvalue weighted by molar-refractivity contribution is 6.13. The van der Waals surface area contributed by atoms with E-state index in [1.54, 1.807) is 0 Å². The molecule has 2 N–H and O–H groups in total. The van der Waals surface area contributed by atoms with Crippen LogP contribution in [0.15, 0.2) is 204 Å². The molecule has 0 saturated heterocycles. The summed E-state index contributed by atoms with van der Waals surface area (Å²) in [6.45, 7) is 0. The molecule has 11 rings (SSSR count). The van der Waals surface area contributed by atoms with Gasteiger partial charge in [0.25, 0.3) is 0 Å². The van der Waals surface area contributed by atoms with Crippen molar-refractivity contribution in [3.8, 4) is 27.9 Å². The van der Waals surface area contributed by atoms with Gasteiger partial charge in [-0.3, -0.25) is 5.32 Å². The third-order valence-corrected chi connectivity index (χ3v) is 11.1. The van der Waals surface area contributed by atoms with Crippen molar-refractivity contribution < 1.29 is 4.42 Å². The topological polar surface area (TPSA) is 54.5 Å². The summed E-state index contributed by atoms with van der Waals surface area (Å²) < 4.78 is 8.75. The number of aliphatic imine (C=N–C) groups is 1. The van der Waals surface area contributed by atoms with Gasteiger partial charge in [0.1, 0.15) is 29.3 Å². The van der Waals surface area contributed by atoms with E-state index >= 15 is 0 Å². The molecule has 0 fully saturated rings. The number of amidine groups is 1. The van der Waals surface area contributed by atoms with Gasteiger partial charge in [0, 0.05) is 32.8 Å². The SMILES string of the molecule is c1ccc(-c2cccc(C3N=C(c4ccc5c6ccccc6n(-c6ccc7oc8ccc(-c9ccccc9)cc8c7c6)c5c4)NC(c4ccccc4)N3)c2)cc1. The van der Waals surface area contributed by atoms with Crippen LogP contribution in [0.1, 0.15) is 29.0 Å². The lowest BCUT2D eigenvalue weighted by molar-refractivity contribution is 0.409. The van der Waals surface area contributed by atoms with E-state index in [1.807, 2.05) is 0 Å². The Bertz CT molecular complexity index is 3090. The lowest BCUT2D eigenvalue weighted by Crippen LogP contribution is -2.44. The highest BCUT2D eigenvalue weighted by Crippen LogP contribution is 2.38. The molecule has 3 heterocycles. The highest BCUT2D eigenvalue weighted by Gasteiger charge is 2.26. The Morgan fingerprint density at radius 2 is 1.04 bits per heavy atom. The van der Waals surface area contributed by atoms with Gasteiger partial charge in [-0.1, -0.05) is 146 Å². The first-order chi connectivity index (χ1) is 27.7. The predicted molar refractivity (Wildman–Crippen MR) is 230 cm³/mol. The summed E-state index contributed by atoms with van der Waals surface area (Å²) in [5.74, 6) is 0.844. The molecule has 0 saturated carbocycles. The molecule has 56 heavy (non-hydrogen) atoms. The van der Waals surface area contributed by atoms with Crippen LogP contribution in [0, 0.1) is 0 Å². The van der Waals surface area contributed by atoms with E-state index in [4.69, 9.17) is 9.41 Å². The summed E-state index contributed by atoms with van der Waals surface area (Å²) in [5.41, 5.74) is 13.1. The highest BCUT2D eigenvalue weighted by atomic mass is 16.3. The maximum absolute atomic E-state index is 6.38. The minimum Gasteiger partial charge on any atom is -0.456 e. The number of para-hydroxylation sites is 1. The number of fused-ring (bicyclic) bond motifs is 6. The summed E-state index contributed by atoms with van der Waals surface area (Å²) in [7, 11) is 0. The van der Waals surface area contributed by atoms with Gasteiger partial charge in [0.15, 0.2) is 0 Å². The van der Waals surface area contributed by atoms with Crippen LogP contribution in [0.2, 0.25) is 0 Å². The fraction of sp³-hybridized carbons (Fsp3) is 0.0392. The summed E-state index contributed by atoms with van der Waals surface area (Å²) in [4.78, 5) is 5.37. The molecule has 0 radical (unpaired) electrons. The first kappa shape index (κ1) is 32.2. The zero-order chi connectivity index (χ0) is 37.0. The molecule has 8 aromatic carbocycles. The van der Waals surface area contributed by atoms with Gasteiger partial charge in [-0.25, -0.2) is 4.99 Å². The molecule has 0 spiro atoms. The molecule has 5 heteroatoms. The number of hydrogen-bond donors (Lipinski definition) is 2. The quantitative estimate of drug-likeness (QED) is 0.180. The number of furan rings is 1. The summed E-state index contributed by atoms with van der Waals surface area (Å²) in [6, 6.07) is 68.7. The van der Waals surface area contributed by atoms with Crippen molar-refractivity contribution in [2.24, 2.45) is 4.99 Å². The Labute approximate surface area is 324 Å². The minimum atomic E-state index is -0.265. The van der Waals surface area contributed by atoms with Gasteiger partial charge >= 0.3 is 0 Å². The van der Waals surface area contributed by atoms with Crippen LogP contribution in [-0.4, -0.2) is 10.4 Å². The van der Waals surface area contributed by atoms with Crippen LogP contribution in [0.4, 0.5) is 0 Å². The zero-order valence-corrected chi connectivity index (χ0v) is 30.4. The maximum Gasteiger partial charge on any atom is 0.135 e. The average molecular weight is 721 g/mol. The van der Waals surface area contributed by atoms with Gasteiger partial charge in [-0.05, 0) is 81.9 Å². The van der Waals surface area contributed by atoms with Crippen LogP contribution >= 0.6 is 0 Å². The van der Waals surface area contributed by atoms with Crippen molar-refractivity contribution in [1.29, 1.82) is 0 Å². The van der Waals surface area contributed by atoms with Gasteiger partial charge in [-0.2, -0.15) is 0 Å². The third-order valence-electron chi connectivity index (χ3n) is 11.1. The molecule has 2 aromatic heterocycles. The summed E-state index contributed by atoms with van der Waals surface area (Å²) in [5, 5.41) is 12.1. The molecule has 2 unspecified atom stereocenters. The molecule has 0 aliphatic carbocycles.